The molecular weight excluding hydrogens is 1260 g/mol. The molecule has 0 spiro atoms. The molecule has 101 heavy (non-hydrogen) atoms. The van der Waals surface area contributed by atoms with Crippen molar-refractivity contribution in [2.75, 3.05) is 13.7 Å². The zero-order valence-electron chi connectivity index (χ0n) is 69.6. The molecule has 0 aromatic heterocycles. The molecule has 0 saturated heterocycles. The molecule has 12 aliphatic carbocycles. The third kappa shape index (κ3) is 18.1. The fourth-order valence-corrected chi connectivity index (χ4v) is 18.2. The van der Waals surface area contributed by atoms with Crippen LogP contribution in [-0.4, -0.2) is 83.1 Å². The van der Waals surface area contributed by atoms with Gasteiger partial charge in [0.1, 0.15) is 33.6 Å². The summed E-state index contributed by atoms with van der Waals surface area (Å²) in [5.41, 5.74) is -3.25. The number of fused-ring (bicyclic) bond motifs is 6. The molecule has 13 nitrogen and oxygen atoms in total. The van der Waals surface area contributed by atoms with Gasteiger partial charge in [0.25, 0.3) is 0 Å². The summed E-state index contributed by atoms with van der Waals surface area (Å²) in [7, 11) is 1.72. The van der Waals surface area contributed by atoms with E-state index in [2.05, 4.69) is 82.7 Å². The molecule has 19 unspecified atom stereocenters. The van der Waals surface area contributed by atoms with Crippen LogP contribution in [0.5, 0.6) is 0 Å². The first-order valence-corrected chi connectivity index (χ1v) is 41.2. The lowest BCUT2D eigenvalue weighted by molar-refractivity contribution is -0.187. The van der Waals surface area contributed by atoms with E-state index in [0.717, 1.165) is 119 Å². The van der Waals surface area contributed by atoms with Gasteiger partial charge >= 0.3 is 35.8 Å². The summed E-state index contributed by atoms with van der Waals surface area (Å²) in [5, 5.41) is 0. The molecule has 12 fully saturated rings. The van der Waals surface area contributed by atoms with E-state index in [1.807, 2.05) is 110 Å². The predicted molar refractivity (Wildman–Crippen MR) is 404 cm³/mol. The van der Waals surface area contributed by atoms with Gasteiger partial charge in [-0.15, -0.1) is 0 Å². The Bertz CT molecular complexity index is 2910. The summed E-state index contributed by atoms with van der Waals surface area (Å²) in [5.74, 6) is 9.30. The van der Waals surface area contributed by atoms with E-state index in [4.69, 9.17) is 33.2 Å². The van der Waals surface area contributed by atoms with Crippen LogP contribution in [0.3, 0.4) is 0 Å². The molecule has 12 rings (SSSR count). The molecule has 12 aliphatic rings. The minimum atomic E-state index is -0.382. The molecule has 19 atom stereocenters. The van der Waals surface area contributed by atoms with Gasteiger partial charge in [-0.3, -0.25) is 28.8 Å². The number of rotatable bonds is 24. The van der Waals surface area contributed by atoms with Crippen LogP contribution in [0, 0.1) is 121 Å². The van der Waals surface area contributed by atoms with Crippen LogP contribution in [0.1, 0.15) is 341 Å². The lowest BCUT2D eigenvalue weighted by atomic mass is 9.72. The number of methoxy groups -OCH3 is 1. The number of carbonyl (C=O) groups is 6. The Morgan fingerprint density at radius 1 is 0.396 bits per heavy atom. The second-order valence-corrected chi connectivity index (χ2v) is 40.1. The van der Waals surface area contributed by atoms with Gasteiger partial charge in [0.05, 0.1) is 39.1 Å². The average molecular weight is 1420 g/mol. The van der Waals surface area contributed by atoms with E-state index in [1.165, 1.54) is 77.0 Å². The molecule has 0 aromatic carbocycles. The van der Waals surface area contributed by atoms with Crippen molar-refractivity contribution in [2.24, 2.45) is 121 Å². The molecule has 580 valence electrons. The van der Waals surface area contributed by atoms with E-state index in [9.17, 15) is 28.8 Å². The van der Waals surface area contributed by atoms with Crippen molar-refractivity contribution in [3.63, 3.8) is 0 Å². The number of esters is 6. The molecule has 0 amide bonds. The third-order valence-electron chi connectivity index (χ3n) is 29.8. The number of hydrogen-bond donors (Lipinski definition) is 0. The van der Waals surface area contributed by atoms with Crippen molar-refractivity contribution in [2.45, 2.75) is 374 Å². The summed E-state index contributed by atoms with van der Waals surface area (Å²) in [6, 6.07) is 0. The molecule has 0 radical (unpaired) electrons. The zero-order chi connectivity index (χ0) is 76.1. The molecule has 0 bridgehead atoms. The standard InChI is InChI=1S/C16H28O3.C16H28O2.C15H26O2.C14H24O2.C14H22O2.C13H22O2/c1-6-15(3,4)14(17)19-16(11(2)10-18-5)8-7-12-9-13(12)16;1-7-15(5,6)13(17)18-16(14(2,3)4)9-8-11-10-12(11)16;1-6-14(4,5)13(16)17-15(10(2)3)8-7-11-9-12(11)15;2*1-5-13(3,4)12(15)16-14(6-2)8-7-10-9-11(10)14;1-5-12(2,3)11(14)15-13(4)7-6-9-8-10(9)13/h11-13H,6-10H2,1-5H3;11-12H,7-10H2,1-6H3;10-12H,6-9H2,1-5H3;10-11H,5-9H2,1-4H3;6,10-11H,2,5,7-9H2,1,3-4H3;9-10H,5-8H2,1-4H3. The predicted octanol–water partition coefficient (Wildman–Crippen LogP) is 21.4. The topological polar surface area (TPSA) is 167 Å². The SMILES string of the molecule is C=CC1(OC(=O)C(C)(C)CC)CCC2CC21.CCC(C)(C)C(=O)OC1(C(C)(C)C)CCC2CC21.CCC(C)(C)C(=O)OC1(C(C)C)CCC2CC21.CCC(C)(C)C(=O)OC1(C(C)COC)CCC2CC21.CCC(C)(C)C(=O)OC1(C)CCC2CC21.CCC(C)(C)C(=O)OC1(CC)CCC2CC21. The summed E-state index contributed by atoms with van der Waals surface area (Å²) < 4.78 is 41.1. The smallest absolute Gasteiger partial charge is 0.312 e. The Hall–Kier alpha value is -3.48. The zero-order valence-corrected chi connectivity index (χ0v) is 69.6. The van der Waals surface area contributed by atoms with E-state index in [1.54, 1.807) is 7.11 Å². The van der Waals surface area contributed by atoms with E-state index in [-0.39, 0.29) is 113 Å². The fourth-order valence-electron chi connectivity index (χ4n) is 18.2. The number of ether oxygens (including phenoxy) is 7. The molecule has 13 heteroatoms. The second-order valence-electron chi connectivity index (χ2n) is 40.1. The highest BCUT2D eigenvalue weighted by Gasteiger charge is 2.67. The van der Waals surface area contributed by atoms with Crippen molar-refractivity contribution in [1.29, 1.82) is 0 Å². The lowest BCUT2D eigenvalue weighted by Crippen LogP contribution is -2.49. The summed E-state index contributed by atoms with van der Waals surface area (Å²) in [4.78, 5) is 73.5. The van der Waals surface area contributed by atoms with Gasteiger partial charge in [-0.1, -0.05) is 96.6 Å². The lowest BCUT2D eigenvalue weighted by Gasteiger charge is -2.44. The van der Waals surface area contributed by atoms with Crippen LogP contribution < -0.4 is 0 Å². The Kier molecular flexibility index (Phi) is 26.0. The average Bonchev–Trinajstić information content (AvgIpc) is 1.58. The molecule has 0 N–H and O–H groups in total. The van der Waals surface area contributed by atoms with Crippen molar-refractivity contribution in [1.82, 2.24) is 0 Å². The highest BCUT2D eigenvalue weighted by atomic mass is 16.6. The number of carbonyl (C=O) groups excluding carboxylic acids is 6. The van der Waals surface area contributed by atoms with Gasteiger partial charge in [-0.2, -0.15) is 0 Å². The van der Waals surface area contributed by atoms with Gasteiger partial charge in [0.15, 0.2) is 0 Å². The maximum absolute atomic E-state index is 12.5. The first-order chi connectivity index (χ1) is 46.6. The van der Waals surface area contributed by atoms with Crippen LogP contribution in [0.15, 0.2) is 12.7 Å². The van der Waals surface area contributed by atoms with Crippen LogP contribution in [0.25, 0.3) is 0 Å². The first-order valence-electron chi connectivity index (χ1n) is 41.2. The molecular formula is C88H150O13. The van der Waals surface area contributed by atoms with Crippen molar-refractivity contribution in [3.8, 4) is 0 Å². The van der Waals surface area contributed by atoms with Gasteiger partial charge in [0, 0.05) is 54.0 Å². The maximum atomic E-state index is 12.5. The van der Waals surface area contributed by atoms with Crippen molar-refractivity contribution >= 4 is 35.8 Å². The fraction of sp³-hybridized carbons (Fsp3) is 0.909. The van der Waals surface area contributed by atoms with E-state index in [0.29, 0.717) is 48.0 Å². The molecule has 12 saturated carbocycles. The number of hydrogen-bond acceptors (Lipinski definition) is 13. The molecule has 0 heterocycles. The largest absolute Gasteiger partial charge is 0.459 e. The van der Waals surface area contributed by atoms with Gasteiger partial charge in [-0.25, -0.2) is 0 Å². The van der Waals surface area contributed by atoms with Gasteiger partial charge in [0.2, 0.25) is 0 Å². The van der Waals surface area contributed by atoms with Crippen LogP contribution in [0.4, 0.5) is 0 Å². The van der Waals surface area contributed by atoms with Crippen molar-refractivity contribution < 1.29 is 61.9 Å². The summed E-state index contributed by atoms with van der Waals surface area (Å²) in [6.07, 6.45) is 29.1. The highest BCUT2D eigenvalue weighted by Crippen LogP contribution is 2.67. The normalized spacial score (nSPS) is 36.3. The van der Waals surface area contributed by atoms with Crippen LogP contribution >= 0.6 is 0 Å². The first kappa shape index (κ1) is 84.8. The van der Waals surface area contributed by atoms with Crippen LogP contribution in [-0.2, 0) is 61.9 Å². The molecule has 0 aromatic rings. The Morgan fingerprint density at radius 3 is 1.04 bits per heavy atom. The second kappa shape index (κ2) is 31.0. The Labute approximate surface area is 616 Å². The van der Waals surface area contributed by atoms with Crippen LogP contribution in [0.2, 0.25) is 0 Å². The third-order valence-corrected chi connectivity index (χ3v) is 29.8. The summed E-state index contributed by atoms with van der Waals surface area (Å²) >= 11 is 0. The minimum Gasteiger partial charge on any atom is -0.459 e. The van der Waals surface area contributed by atoms with E-state index >= 15 is 0 Å². The monoisotopic (exact) mass is 1420 g/mol. The Balaban J connectivity index is 0.000000170. The van der Waals surface area contributed by atoms with Gasteiger partial charge < -0.3 is 33.2 Å². The maximum Gasteiger partial charge on any atom is 0.312 e. The summed E-state index contributed by atoms with van der Waals surface area (Å²) in [6.45, 7) is 58.0. The highest BCUT2D eigenvalue weighted by molar-refractivity contribution is 5.79. The van der Waals surface area contributed by atoms with Crippen molar-refractivity contribution in [3.05, 3.63) is 12.7 Å². The molecule has 0 aliphatic heterocycles. The van der Waals surface area contributed by atoms with Gasteiger partial charge in [-0.05, 0) is 298 Å². The Morgan fingerprint density at radius 2 is 0.733 bits per heavy atom. The minimum absolute atomic E-state index is 0.00116. The van der Waals surface area contributed by atoms with E-state index < -0.39 is 0 Å². The quantitative estimate of drug-likeness (QED) is 0.0509.